The quantitative estimate of drug-likeness (QED) is 0.716. The number of hydrogen-bond acceptors (Lipinski definition) is 2. The number of hydrogen-bond donors (Lipinski definition) is 0. The largest absolute Gasteiger partial charge is 0.490 e. The number of fused-ring (bicyclic) bond motifs is 1. The fourth-order valence-corrected chi connectivity index (χ4v) is 3.43. The van der Waals surface area contributed by atoms with E-state index in [1.807, 2.05) is 11.3 Å². The SMILES string of the molecule is CCC(Cc1cccs1)Oc1cccc2c1CC=CC2. The van der Waals surface area contributed by atoms with Crippen LogP contribution >= 0.6 is 11.3 Å². The highest BCUT2D eigenvalue weighted by Gasteiger charge is 2.15. The van der Waals surface area contributed by atoms with Gasteiger partial charge in [0.05, 0.1) is 0 Å². The molecule has 0 saturated carbocycles. The first-order valence-corrected chi connectivity index (χ1v) is 8.19. The highest BCUT2D eigenvalue weighted by molar-refractivity contribution is 7.09. The molecule has 1 atom stereocenters. The standard InChI is InChI=1S/C18H20OS/c1-2-15(13-16-9-6-12-20-16)19-18-11-5-8-14-7-3-4-10-17(14)18/h3-6,8-9,11-12,15H,2,7,10,13H2,1H3. The molecule has 1 aliphatic carbocycles. The van der Waals surface area contributed by atoms with Crippen molar-refractivity contribution in [2.24, 2.45) is 0 Å². The van der Waals surface area contributed by atoms with E-state index in [9.17, 15) is 0 Å². The molecule has 0 spiro atoms. The maximum Gasteiger partial charge on any atom is 0.123 e. The summed E-state index contributed by atoms with van der Waals surface area (Å²) in [5.74, 6) is 1.08. The first-order valence-electron chi connectivity index (χ1n) is 7.31. The Balaban J connectivity index is 1.76. The third kappa shape index (κ3) is 2.96. The summed E-state index contributed by atoms with van der Waals surface area (Å²) in [5, 5.41) is 2.14. The monoisotopic (exact) mass is 284 g/mol. The van der Waals surface area contributed by atoms with Gasteiger partial charge in [0.1, 0.15) is 11.9 Å². The Morgan fingerprint density at radius 2 is 2.05 bits per heavy atom. The van der Waals surface area contributed by atoms with Gasteiger partial charge in [0, 0.05) is 16.9 Å². The van der Waals surface area contributed by atoms with Gasteiger partial charge in [-0.15, -0.1) is 11.3 Å². The summed E-state index contributed by atoms with van der Waals surface area (Å²) in [4.78, 5) is 1.40. The van der Waals surface area contributed by atoms with Crippen molar-refractivity contribution in [1.29, 1.82) is 0 Å². The average molecular weight is 284 g/mol. The molecule has 0 bridgehead atoms. The molecule has 0 radical (unpaired) electrons. The normalized spacial score (nSPS) is 14.8. The molecule has 1 aromatic carbocycles. The summed E-state index contributed by atoms with van der Waals surface area (Å²) >= 11 is 1.81. The molecule has 0 aliphatic heterocycles. The van der Waals surface area contributed by atoms with Gasteiger partial charge in [-0.2, -0.15) is 0 Å². The van der Waals surface area contributed by atoms with Gasteiger partial charge in [0.2, 0.25) is 0 Å². The maximum absolute atomic E-state index is 6.31. The molecule has 2 heteroatoms. The third-order valence-electron chi connectivity index (χ3n) is 3.81. The molecule has 0 fully saturated rings. The van der Waals surface area contributed by atoms with Gasteiger partial charge in [-0.05, 0) is 42.3 Å². The summed E-state index contributed by atoms with van der Waals surface area (Å²) in [6.07, 6.45) is 8.84. The van der Waals surface area contributed by atoms with Gasteiger partial charge >= 0.3 is 0 Å². The van der Waals surface area contributed by atoms with E-state index in [1.54, 1.807) is 0 Å². The van der Waals surface area contributed by atoms with Crippen LogP contribution in [0.15, 0.2) is 47.9 Å². The molecule has 1 aliphatic rings. The lowest BCUT2D eigenvalue weighted by atomic mass is 9.96. The Hall–Kier alpha value is -1.54. The number of thiophene rings is 1. The zero-order valence-corrected chi connectivity index (χ0v) is 12.7. The maximum atomic E-state index is 6.31. The number of rotatable bonds is 5. The molecule has 1 aromatic heterocycles. The van der Waals surface area contributed by atoms with Crippen molar-refractivity contribution in [2.75, 3.05) is 0 Å². The van der Waals surface area contributed by atoms with E-state index in [4.69, 9.17) is 4.74 Å². The molecule has 1 heterocycles. The third-order valence-corrected chi connectivity index (χ3v) is 4.71. The average Bonchev–Trinajstić information content (AvgIpc) is 3.00. The molecular weight excluding hydrogens is 264 g/mol. The lowest BCUT2D eigenvalue weighted by molar-refractivity contribution is 0.196. The van der Waals surface area contributed by atoms with Crippen LogP contribution in [0, 0.1) is 0 Å². The summed E-state index contributed by atoms with van der Waals surface area (Å²) in [7, 11) is 0. The summed E-state index contributed by atoms with van der Waals surface area (Å²) in [6.45, 7) is 2.20. The van der Waals surface area contributed by atoms with Crippen molar-refractivity contribution >= 4 is 11.3 Å². The second kappa shape index (κ2) is 6.27. The van der Waals surface area contributed by atoms with Crippen molar-refractivity contribution in [1.82, 2.24) is 0 Å². The van der Waals surface area contributed by atoms with Crippen LogP contribution in [0.5, 0.6) is 5.75 Å². The predicted molar refractivity (Wildman–Crippen MR) is 85.7 cm³/mol. The molecule has 0 saturated heterocycles. The topological polar surface area (TPSA) is 9.23 Å². The van der Waals surface area contributed by atoms with Crippen molar-refractivity contribution in [2.45, 2.75) is 38.7 Å². The molecule has 3 rings (SSSR count). The van der Waals surface area contributed by atoms with Gasteiger partial charge in [-0.3, -0.25) is 0 Å². The predicted octanol–water partition coefficient (Wildman–Crippen LogP) is 4.80. The molecule has 0 amide bonds. The molecule has 0 N–H and O–H groups in total. The van der Waals surface area contributed by atoms with Gasteiger partial charge in [0.25, 0.3) is 0 Å². The van der Waals surface area contributed by atoms with Gasteiger partial charge in [-0.1, -0.05) is 37.3 Å². The zero-order chi connectivity index (χ0) is 13.8. The van der Waals surface area contributed by atoms with Crippen LogP contribution in [0.4, 0.5) is 0 Å². The summed E-state index contributed by atoms with van der Waals surface area (Å²) in [5.41, 5.74) is 2.79. The summed E-state index contributed by atoms with van der Waals surface area (Å²) in [6, 6.07) is 10.8. The first-order chi connectivity index (χ1) is 9.86. The van der Waals surface area contributed by atoms with Gasteiger partial charge in [-0.25, -0.2) is 0 Å². The fourth-order valence-electron chi connectivity index (χ4n) is 2.66. The van der Waals surface area contributed by atoms with Crippen molar-refractivity contribution in [3.8, 4) is 5.75 Å². The molecule has 20 heavy (non-hydrogen) atoms. The van der Waals surface area contributed by atoms with Crippen LogP contribution < -0.4 is 4.74 Å². The van der Waals surface area contributed by atoms with Crippen molar-refractivity contribution < 1.29 is 4.74 Å². The molecule has 2 aromatic rings. The Bertz CT molecular complexity index is 583. The minimum Gasteiger partial charge on any atom is -0.490 e. The van der Waals surface area contributed by atoms with Gasteiger partial charge in [0.15, 0.2) is 0 Å². The van der Waals surface area contributed by atoms with Crippen LogP contribution in [0.2, 0.25) is 0 Å². The van der Waals surface area contributed by atoms with E-state index in [2.05, 4.69) is 54.8 Å². The number of allylic oxidation sites excluding steroid dienone is 2. The lowest BCUT2D eigenvalue weighted by Crippen LogP contribution is -2.19. The van der Waals surface area contributed by atoms with Crippen molar-refractivity contribution in [3.63, 3.8) is 0 Å². The Morgan fingerprint density at radius 1 is 1.15 bits per heavy atom. The van der Waals surface area contributed by atoms with Crippen LogP contribution in [0.3, 0.4) is 0 Å². The lowest BCUT2D eigenvalue weighted by Gasteiger charge is -2.21. The van der Waals surface area contributed by atoms with Crippen LogP contribution in [0.25, 0.3) is 0 Å². The van der Waals surface area contributed by atoms with Crippen LogP contribution in [-0.2, 0) is 19.3 Å². The minimum absolute atomic E-state index is 0.269. The van der Waals surface area contributed by atoms with E-state index in [-0.39, 0.29) is 6.10 Å². The van der Waals surface area contributed by atoms with E-state index < -0.39 is 0 Å². The molecule has 104 valence electrons. The van der Waals surface area contributed by atoms with Crippen LogP contribution in [-0.4, -0.2) is 6.10 Å². The van der Waals surface area contributed by atoms with E-state index in [1.165, 1.54) is 16.0 Å². The zero-order valence-electron chi connectivity index (χ0n) is 11.8. The summed E-state index contributed by atoms with van der Waals surface area (Å²) < 4.78 is 6.31. The molecular formula is C18H20OS. The molecule has 1 unspecified atom stereocenters. The Kier molecular flexibility index (Phi) is 4.22. The first kappa shape index (κ1) is 13.4. The second-order valence-electron chi connectivity index (χ2n) is 5.21. The van der Waals surface area contributed by atoms with Crippen molar-refractivity contribution in [3.05, 3.63) is 63.9 Å². The number of benzene rings is 1. The molecule has 1 nitrogen and oxygen atoms in total. The highest BCUT2D eigenvalue weighted by atomic mass is 32.1. The van der Waals surface area contributed by atoms with E-state index in [0.717, 1.165) is 31.4 Å². The Labute approximate surface area is 124 Å². The Morgan fingerprint density at radius 3 is 2.85 bits per heavy atom. The van der Waals surface area contributed by atoms with E-state index >= 15 is 0 Å². The number of ether oxygens (including phenoxy) is 1. The fraction of sp³-hybridized carbons (Fsp3) is 0.333. The van der Waals surface area contributed by atoms with Gasteiger partial charge < -0.3 is 4.74 Å². The smallest absolute Gasteiger partial charge is 0.123 e. The minimum atomic E-state index is 0.269. The van der Waals surface area contributed by atoms with Crippen LogP contribution in [0.1, 0.15) is 29.3 Å². The van der Waals surface area contributed by atoms with E-state index in [0.29, 0.717) is 0 Å². The highest BCUT2D eigenvalue weighted by Crippen LogP contribution is 2.28. The second-order valence-corrected chi connectivity index (χ2v) is 6.24.